The number of nitrogens with one attached hydrogen (secondary N) is 1. The summed E-state index contributed by atoms with van der Waals surface area (Å²) in [4.78, 5) is 25.2. The topological polar surface area (TPSA) is 82.8 Å². The van der Waals surface area contributed by atoms with Gasteiger partial charge >= 0.3 is 12.0 Å². The van der Waals surface area contributed by atoms with Crippen LogP contribution in [0.15, 0.2) is 22.8 Å². The van der Waals surface area contributed by atoms with Crippen LogP contribution in [0.5, 0.6) is 0 Å². The van der Waals surface area contributed by atoms with Crippen LogP contribution in [0.25, 0.3) is 0 Å². The van der Waals surface area contributed by atoms with Crippen LogP contribution >= 0.6 is 0 Å². The van der Waals surface area contributed by atoms with E-state index in [1.807, 2.05) is 0 Å². The molecule has 114 valence electrons. The molecule has 6 nitrogen and oxygen atoms in total. The van der Waals surface area contributed by atoms with E-state index in [1.54, 1.807) is 25.4 Å². The molecule has 1 heterocycles. The third-order valence-electron chi connectivity index (χ3n) is 4.81. The van der Waals surface area contributed by atoms with Crippen molar-refractivity contribution in [2.75, 3.05) is 7.05 Å². The summed E-state index contributed by atoms with van der Waals surface area (Å²) < 4.78 is 5.22. The first kappa shape index (κ1) is 14.0. The Kier molecular flexibility index (Phi) is 3.61. The molecule has 2 bridgehead atoms. The smallest absolute Gasteiger partial charge is 0.317 e. The molecule has 2 saturated carbocycles. The number of aliphatic carboxylic acids is 1. The first-order chi connectivity index (χ1) is 10.1. The molecule has 0 aromatic carbocycles. The van der Waals surface area contributed by atoms with Crippen LogP contribution < -0.4 is 5.32 Å². The number of hydrogen-bond acceptors (Lipinski definition) is 3. The predicted octanol–water partition coefficient (Wildman–Crippen LogP) is 1.92. The Morgan fingerprint density at radius 3 is 2.86 bits per heavy atom. The summed E-state index contributed by atoms with van der Waals surface area (Å²) in [6.07, 6.45) is 4.47. The molecule has 21 heavy (non-hydrogen) atoms. The highest BCUT2D eigenvalue weighted by molar-refractivity contribution is 5.77. The van der Waals surface area contributed by atoms with Gasteiger partial charge in [-0.05, 0) is 43.2 Å². The number of amides is 2. The molecule has 0 radical (unpaired) electrons. The molecule has 6 heteroatoms. The fourth-order valence-electron chi connectivity index (χ4n) is 3.82. The van der Waals surface area contributed by atoms with E-state index in [4.69, 9.17) is 4.42 Å². The van der Waals surface area contributed by atoms with Crippen molar-refractivity contribution in [2.24, 2.45) is 17.8 Å². The SMILES string of the molecule is CN(Cc1ccco1)C(=O)NC1C2CCC(C2)C1C(=O)O. The third kappa shape index (κ3) is 2.62. The molecule has 4 unspecified atom stereocenters. The highest BCUT2D eigenvalue weighted by atomic mass is 16.4. The normalized spacial score (nSPS) is 30.3. The summed E-state index contributed by atoms with van der Waals surface area (Å²) in [6.45, 7) is 0.372. The number of furan rings is 1. The Balaban J connectivity index is 1.62. The number of rotatable bonds is 4. The van der Waals surface area contributed by atoms with E-state index in [1.165, 1.54) is 4.90 Å². The molecule has 2 amide bonds. The average molecular weight is 292 g/mol. The van der Waals surface area contributed by atoms with Crippen LogP contribution in [0.1, 0.15) is 25.0 Å². The van der Waals surface area contributed by atoms with Crippen LogP contribution in [0, 0.1) is 17.8 Å². The van der Waals surface area contributed by atoms with E-state index in [9.17, 15) is 14.7 Å². The molecule has 2 aliphatic carbocycles. The number of fused-ring (bicyclic) bond motifs is 2. The summed E-state index contributed by atoms with van der Waals surface area (Å²) in [5.41, 5.74) is 0. The maximum Gasteiger partial charge on any atom is 0.317 e. The van der Waals surface area contributed by atoms with Gasteiger partial charge in [-0.25, -0.2) is 4.79 Å². The van der Waals surface area contributed by atoms with Gasteiger partial charge in [0.25, 0.3) is 0 Å². The summed E-state index contributed by atoms with van der Waals surface area (Å²) in [5, 5.41) is 12.3. The van der Waals surface area contributed by atoms with E-state index in [2.05, 4.69) is 5.32 Å². The lowest BCUT2D eigenvalue weighted by Gasteiger charge is -2.30. The van der Waals surface area contributed by atoms with E-state index < -0.39 is 11.9 Å². The first-order valence-electron chi connectivity index (χ1n) is 7.33. The standard InChI is InChI=1S/C15H20N2O4/c1-17(8-11-3-2-6-21-11)15(20)16-13-10-5-4-9(7-10)12(13)14(18)19/h2-3,6,9-10,12-13H,4-5,7-8H2,1H3,(H,16,20)(H,18,19). The molecule has 3 rings (SSSR count). The van der Waals surface area contributed by atoms with Crippen LogP contribution in [0.4, 0.5) is 4.79 Å². The zero-order valence-electron chi connectivity index (χ0n) is 12.0. The maximum atomic E-state index is 12.2. The minimum atomic E-state index is -0.791. The number of nitrogens with zero attached hydrogens (tertiary/aromatic N) is 1. The molecule has 0 spiro atoms. The monoisotopic (exact) mass is 292 g/mol. The lowest BCUT2D eigenvalue weighted by Crippen LogP contribution is -2.50. The van der Waals surface area contributed by atoms with Crippen molar-refractivity contribution in [3.05, 3.63) is 24.2 Å². The van der Waals surface area contributed by atoms with Gasteiger partial charge in [0.2, 0.25) is 0 Å². The summed E-state index contributed by atoms with van der Waals surface area (Å²) in [5.74, 6) is -0.00785. The van der Waals surface area contributed by atoms with Crippen LogP contribution in [-0.4, -0.2) is 35.1 Å². The van der Waals surface area contributed by atoms with Crippen molar-refractivity contribution in [1.82, 2.24) is 10.2 Å². The van der Waals surface area contributed by atoms with Gasteiger partial charge in [0.05, 0.1) is 18.7 Å². The molecular weight excluding hydrogens is 272 g/mol. The van der Waals surface area contributed by atoms with E-state index >= 15 is 0 Å². The fraction of sp³-hybridized carbons (Fsp3) is 0.600. The van der Waals surface area contributed by atoms with Crippen LogP contribution in [0.2, 0.25) is 0 Å². The van der Waals surface area contributed by atoms with Gasteiger partial charge in [-0.2, -0.15) is 0 Å². The number of carboxylic acids is 1. The third-order valence-corrected chi connectivity index (χ3v) is 4.81. The quantitative estimate of drug-likeness (QED) is 0.888. The first-order valence-corrected chi connectivity index (χ1v) is 7.33. The lowest BCUT2D eigenvalue weighted by atomic mass is 9.84. The van der Waals surface area contributed by atoms with Gasteiger partial charge in [-0.1, -0.05) is 0 Å². The number of hydrogen-bond donors (Lipinski definition) is 2. The summed E-state index contributed by atoms with van der Waals surface area (Å²) >= 11 is 0. The van der Waals surface area contributed by atoms with Crippen molar-refractivity contribution in [3.8, 4) is 0 Å². The van der Waals surface area contributed by atoms with Gasteiger partial charge in [0, 0.05) is 13.1 Å². The lowest BCUT2D eigenvalue weighted by molar-refractivity contribution is -0.144. The number of urea groups is 1. The van der Waals surface area contributed by atoms with Gasteiger partial charge in [-0.15, -0.1) is 0 Å². The number of carbonyl (C=O) groups is 2. The molecule has 2 N–H and O–H groups in total. The Bertz CT molecular complexity index is 528. The Morgan fingerprint density at radius 2 is 2.19 bits per heavy atom. The van der Waals surface area contributed by atoms with E-state index in [-0.39, 0.29) is 18.0 Å². The second-order valence-corrected chi connectivity index (χ2v) is 6.11. The van der Waals surface area contributed by atoms with E-state index in [0.717, 1.165) is 19.3 Å². The maximum absolute atomic E-state index is 12.2. The van der Waals surface area contributed by atoms with Gasteiger partial charge < -0.3 is 19.7 Å². The largest absolute Gasteiger partial charge is 0.481 e. The average Bonchev–Trinajstić information content (AvgIpc) is 3.14. The zero-order valence-corrected chi connectivity index (χ0v) is 12.0. The van der Waals surface area contributed by atoms with Gasteiger partial charge in [0.1, 0.15) is 5.76 Å². The van der Waals surface area contributed by atoms with Crippen molar-refractivity contribution >= 4 is 12.0 Å². The summed E-state index contributed by atoms with van der Waals surface area (Å²) in [7, 11) is 1.68. The number of carbonyl (C=O) groups excluding carboxylic acids is 1. The highest BCUT2D eigenvalue weighted by Crippen LogP contribution is 2.48. The van der Waals surface area contributed by atoms with Crippen molar-refractivity contribution in [3.63, 3.8) is 0 Å². The van der Waals surface area contributed by atoms with Gasteiger partial charge in [-0.3, -0.25) is 4.79 Å². The van der Waals surface area contributed by atoms with Crippen LogP contribution in [0.3, 0.4) is 0 Å². The van der Waals surface area contributed by atoms with Crippen molar-refractivity contribution < 1.29 is 19.1 Å². The second kappa shape index (κ2) is 5.42. The molecule has 2 fully saturated rings. The predicted molar refractivity (Wildman–Crippen MR) is 74.5 cm³/mol. The minimum Gasteiger partial charge on any atom is -0.481 e. The van der Waals surface area contributed by atoms with Crippen molar-refractivity contribution in [1.29, 1.82) is 0 Å². The van der Waals surface area contributed by atoms with Crippen LogP contribution in [-0.2, 0) is 11.3 Å². The Hall–Kier alpha value is -1.98. The summed E-state index contributed by atoms with van der Waals surface area (Å²) in [6, 6.07) is 3.10. The molecule has 0 saturated heterocycles. The highest BCUT2D eigenvalue weighted by Gasteiger charge is 2.51. The second-order valence-electron chi connectivity index (χ2n) is 6.11. The van der Waals surface area contributed by atoms with Crippen molar-refractivity contribution in [2.45, 2.75) is 31.8 Å². The molecule has 2 aliphatic rings. The molecule has 1 aromatic rings. The molecule has 1 aromatic heterocycles. The fourth-order valence-corrected chi connectivity index (χ4v) is 3.82. The Morgan fingerprint density at radius 1 is 1.43 bits per heavy atom. The molecule has 4 atom stereocenters. The zero-order chi connectivity index (χ0) is 15.0. The number of carboxylic acid groups (broad SMARTS) is 1. The van der Waals surface area contributed by atoms with Gasteiger partial charge in [0.15, 0.2) is 0 Å². The molecule has 0 aliphatic heterocycles. The van der Waals surface area contributed by atoms with E-state index in [0.29, 0.717) is 18.2 Å². The minimum absolute atomic E-state index is 0.216. The Labute approximate surface area is 123 Å². The molecular formula is C15H20N2O4.